The fourth-order valence-corrected chi connectivity index (χ4v) is 2.46. The minimum Gasteiger partial charge on any atom is -0.450 e. The van der Waals surface area contributed by atoms with Crippen molar-refractivity contribution in [2.75, 3.05) is 32.8 Å². The monoisotopic (exact) mass is 499 g/mol. The molecule has 1 fully saturated rings. The molecule has 1 heterocycles. The Hall–Kier alpha value is -1.46. The van der Waals surface area contributed by atoms with Crippen LogP contribution >= 0.6 is 24.0 Å². The van der Waals surface area contributed by atoms with Gasteiger partial charge in [-0.25, -0.2) is 9.59 Å². The summed E-state index contributed by atoms with van der Waals surface area (Å²) in [6.07, 6.45) is 1.58. The third-order valence-corrected chi connectivity index (χ3v) is 3.66. The van der Waals surface area contributed by atoms with Gasteiger partial charge in [0.1, 0.15) is 5.60 Å². The van der Waals surface area contributed by atoms with Gasteiger partial charge >= 0.3 is 12.2 Å². The van der Waals surface area contributed by atoms with Gasteiger partial charge in [-0.1, -0.05) is 0 Å². The fourth-order valence-electron chi connectivity index (χ4n) is 2.46. The quantitative estimate of drug-likeness (QED) is 0.223. The molecule has 0 aromatic carbocycles. The van der Waals surface area contributed by atoms with Crippen LogP contribution in [-0.4, -0.2) is 67.5 Å². The van der Waals surface area contributed by atoms with Crippen molar-refractivity contribution in [2.45, 2.75) is 58.6 Å². The van der Waals surface area contributed by atoms with E-state index in [1.807, 2.05) is 20.8 Å². The fraction of sp³-hybridized carbons (Fsp3) is 0.824. The van der Waals surface area contributed by atoms with Crippen molar-refractivity contribution in [1.29, 1.82) is 0 Å². The number of amides is 2. The lowest BCUT2D eigenvalue weighted by atomic mass is 10.1. The molecule has 27 heavy (non-hydrogen) atoms. The highest BCUT2D eigenvalue weighted by molar-refractivity contribution is 14.0. The second-order valence-corrected chi connectivity index (χ2v) is 7.15. The van der Waals surface area contributed by atoms with E-state index in [0.29, 0.717) is 45.2 Å². The minimum absolute atomic E-state index is 0. The van der Waals surface area contributed by atoms with Gasteiger partial charge in [-0.05, 0) is 47.0 Å². The molecule has 0 saturated carbocycles. The number of likely N-dealkylation sites (tertiary alicyclic amines) is 1. The third-order valence-electron chi connectivity index (χ3n) is 3.66. The third kappa shape index (κ3) is 11.8. The van der Waals surface area contributed by atoms with E-state index in [4.69, 9.17) is 15.2 Å². The summed E-state index contributed by atoms with van der Waals surface area (Å²) >= 11 is 0. The lowest BCUT2D eigenvalue weighted by Crippen LogP contribution is -2.48. The summed E-state index contributed by atoms with van der Waals surface area (Å²) < 4.78 is 10.1. The number of guanidine groups is 1. The van der Waals surface area contributed by atoms with Gasteiger partial charge in [0.2, 0.25) is 0 Å². The number of rotatable bonds is 6. The Labute approximate surface area is 178 Å². The topological polar surface area (TPSA) is 118 Å². The first kappa shape index (κ1) is 25.5. The largest absolute Gasteiger partial charge is 0.450 e. The van der Waals surface area contributed by atoms with E-state index in [2.05, 4.69) is 15.6 Å². The summed E-state index contributed by atoms with van der Waals surface area (Å²) in [6, 6.07) is 0.198. The molecule has 1 saturated heterocycles. The Morgan fingerprint density at radius 2 is 1.89 bits per heavy atom. The lowest BCUT2D eigenvalue weighted by molar-refractivity contribution is 0.0527. The van der Waals surface area contributed by atoms with Crippen LogP contribution < -0.4 is 16.4 Å². The summed E-state index contributed by atoms with van der Waals surface area (Å²) in [5.41, 5.74) is 5.39. The number of carbonyl (C=O) groups is 2. The van der Waals surface area contributed by atoms with Gasteiger partial charge in [0.15, 0.2) is 5.96 Å². The zero-order valence-electron chi connectivity index (χ0n) is 16.7. The Kier molecular flexibility index (Phi) is 12.1. The number of nitrogens with zero attached hydrogens (tertiary/aromatic N) is 2. The van der Waals surface area contributed by atoms with Crippen molar-refractivity contribution < 1.29 is 19.1 Å². The first-order valence-electron chi connectivity index (χ1n) is 9.16. The van der Waals surface area contributed by atoms with E-state index >= 15 is 0 Å². The molecule has 0 atom stereocenters. The van der Waals surface area contributed by atoms with Crippen LogP contribution in [0.15, 0.2) is 4.99 Å². The van der Waals surface area contributed by atoms with E-state index in [9.17, 15) is 9.59 Å². The highest BCUT2D eigenvalue weighted by Crippen LogP contribution is 2.11. The van der Waals surface area contributed by atoms with Crippen LogP contribution in [-0.2, 0) is 9.47 Å². The highest BCUT2D eigenvalue weighted by Gasteiger charge is 2.23. The number of alkyl carbamates (subject to hydrolysis) is 1. The second kappa shape index (κ2) is 12.8. The van der Waals surface area contributed by atoms with Crippen molar-refractivity contribution >= 4 is 42.1 Å². The van der Waals surface area contributed by atoms with Crippen LogP contribution in [0.2, 0.25) is 0 Å². The number of nitrogens with one attached hydrogen (secondary N) is 2. The normalized spacial score (nSPS) is 15.6. The zero-order chi connectivity index (χ0) is 19.6. The summed E-state index contributed by atoms with van der Waals surface area (Å²) in [6.45, 7) is 9.92. The molecular weight excluding hydrogens is 465 g/mol. The van der Waals surface area contributed by atoms with E-state index in [0.717, 1.165) is 12.8 Å². The number of hydrogen-bond acceptors (Lipinski definition) is 5. The average molecular weight is 499 g/mol. The Morgan fingerprint density at radius 1 is 1.26 bits per heavy atom. The molecule has 0 aromatic rings. The number of nitrogens with two attached hydrogens (primary N) is 1. The van der Waals surface area contributed by atoms with Gasteiger partial charge in [0.05, 0.1) is 6.61 Å². The minimum atomic E-state index is -0.501. The van der Waals surface area contributed by atoms with Gasteiger partial charge in [-0.3, -0.25) is 4.99 Å². The molecule has 0 unspecified atom stereocenters. The van der Waals surface area contributed by atoms with Gasteiger partial charge in [0.25, 0.3) is 0 Å². The predicted octanol–water partition coefficient (Wildman–Crippen LogP) is 2.04. The van der Waals surface area contributed by atoms with E-state index < -0.39 is 11.7 Å². The molecule has 9 nitrogen and oxygen atoms in total. The maximum atomic E-state index is 11.7. The predicted molar refractivity (Wildman–Crippen MR) is 116 cm³/mol. The van der Waals surface area contributed by atoms with Crippen molar-refractivity contribution in [1.82, 2.24) is 15.5 Å². The van der Waals surface area contributed by atoms with Gasteiger partial charge in [-0.15, -0.1) is 24.0 Å². The molecule has 0 radical (unpaired) electrons. The highest BCUT2D eigenvalue weighted by atomic mass is 127. The molecule has 1 aliphatic rings. The average Bonchev–Trinajstić information content (AvgIpc) is 2.53. The van der Waals surface area contributed by atoms with Crippen LogP contribution in [0.1, 0.15) is 47.0 Å². The standard InChI is InChI=1S/C17H33N5O4.HI/c1-5-25-16(24)22-11-7-13(8-12-22)21-14(18)19-9-6-10-20-15(23)26-17(2,3)4;/h13H,5-12H2,1-4H3,(H,20,23)(H3,18,19,21);1H. The maximum Gasteiger partial charge on any atom is 0.409 e. The van der Waals surface area contributed by atoms with E-state index in [1.54, 1.807) is 11.8 Å². The number of hydrogen-bond donors (Lipinski definition) is 3. The van der Waals surface area contributed by atoms with Crippen molar-refractivity contribution in [3.8, 4) is 0 Å². The first-order chi connectivity index (χ1) is 12.2. The van der Waals surface area contributed by atoms with E-state index in [-0.39, 0.29) is 36.1 Å². The number of halogens is 1. The molecule has 1 aliphatic heterocycles. The zero-order valence-corrected chi connectivity index (χ0v) is 19.1. The lowest BCUT2D eigenvalue weighted by Gasteiger charge is -2.31. The van der Waals surface area contributed by atoms with Crippen molar-refractivity contribution in [2.24, 2.45) is 10.7 Å². The molecule has 158 valence electrons. The molecule has 10 heteroatoms. The van der Waals surface area contributed by atoms with Crippen LogP contribution in [0.4, 0.5) is 9.59 Å². The van der Waals surface area contributed by atoms with Crippen molar-refractivity contribution in [3.63, 3.8) is 0 Å². The number of ether oxygens (including phenoxy) is 2. The van der Waals surface area contributed by atoms with E-state index in [1.165, 1.54) is 0 Å². The number of carbonyl (C=O) groups excluding carboxylic acids is 2. The molecule has 0 spiro atoms. The van der Waals surface area contributed by atoms with Crippen molar-refractivity contribution in [3.05, 3.63) is 0 Å². The van der Waals surface area contributed by atoms with Gasteiger partial charge in [-0.2, -0.15) is 0 Å². The summed E-state index contributed by atoms with van der Waals surface area (Å²) in [7, 11) is 0. The summed E-state index contributed by atoms with van der Waals surface area (Å²) in [5, 5.41) is 5.86. The Morgan fingerprint density at radius 3 is 2.44 bits per heavy atom. The Bertz CT molecular complexity index is 488. The number of piperidine rings is 1. The van der Waals surface area contributed by atoms with Crippen LogP contribution in [0, 0.1) is 0 Å². The molecule has 0 aliphatic carbocycles. The molecule has 0 bridgehead atoms. The second-order valence-electron chi connectivity index (χ2n) is 7.15. The molecule has 4 N–H and O–H groups in total. The van der Waals surface area contributed by atoms with Gasteiger partial charge in [0, 0.05) is 32.2 Å². The van der Waals surface area contributed by atoms with Crippen LogP contribution in [0.5, 0.6) is 0 Å². The molecule has 0 aromatic heterocycles. The van der Waals surface area contributed by atoms with Crippen LogP contribution in [0.25, 0.3) is 0 Å². The first-order valence-corrected chi connectivity index (χ1v) is 9.16. The smallest absolute Gasteiger partial charge is 0.409 e. The Balaban J connectivity index is 0.00000676. The summed E-state index contributed by atoms with van der Waals surface area (Å²) in [5.74, 6) is 0.386. The molecular formula is C17H34IN5O4. The maximum absolute atomic E-state index is 11.7. The SMILES string of the molecule is CCOC(=O)N1CCC(NC(N)=NCCCNC(=O)OC(C)(C)C)CC1.I. The molecule has 2 amide bonds. The molecule has 1 rings (SSSR count). The number of aliphatic imine (C=N–C) groups is 1. The van der Waals surface area contributed by atoms with Crippen LogP contribution in [0.3, 0.4) is 0 Å². The summed E-state index contributed by atoms with van der Waals surface area (Å²) in [4.78, 5) is 29.1. The van der Waals surface area contributed by atoms with Gasteiger partial charge < -0.3 is 30.7 Å².